The highest BCUT2D eigenvalue weighted by atomic mass is 32.2. The van der Waals surface area contributed by atoms with Crippen LogP contribution in [0.25, 0.3) is 11.8 Å². The second-order valence-electron chi connectivity index (χ2n) is 7.78. The molecule has 2 amide bonds. The van der Waals surface area contributed by atoms with Gasteiger partial charge in [-0.05, 0) is 42.3 Å². The van der Waals surface area contributed by atoms with Crippen LogP contribution in [0.5, 0.6) is 0 Å². The van der Waals surface area contributed by atoms with Crippen molar-refractivity contribution in [2.24, 2.45) is 0 Å². The Labute approximate surface area is 211 Å². The average Bonchev–Trinajstić information content (AvgIpc) is 3.43. The van der Waals surface area contributed by atoms with Crippen molar-refractivity contribution in [3.05, 3.63) is 99.2 Å². The number of nitro benzene ring substituents is 1. The molecule has 1 N–H and O–H groups in total. The van der Waals surface area contributed by atoms with Crippen LogP contribution in [0.15, 0.2) is 77.8 Å². The third-order valence-electron chi connectivity index (χ3n) is 5.39. The van der Waals surface area contributed by atoms with Crippen molar-refractivity contribution < 1.29 is 14.5 Å². The molecular formula is C25H22N4O4S2. The maximum Gasteiger partial charge on any atom is 0.269 e. The molecule has 35 heavy (non-hydrogen) atoms. The highest BCUT2D eigenvalue weighted by Crippen LogP contribution is 2.33. The number of hydrogen-bond acceptors (Lipinski definition) is 6. The van der Waals surface area contributed by atoms with Gasteiger partial charge in [0.25, 0.3) is 11.6 Å². The maximum absolute atomic E-state index is 13.0. The largest absolute Gasteiger partial charge is 0.352 e. The third kappa shape index (κ3) is 6.03. The second-order valence-corrected chi connectivity index (χ2v) is 9.45. The van der Waals surface area contributed by atoms with Gasteiger partial charge in [-0.2, -0.15) is 0 Å². The fraction of sp³-hybridized carbons (Fsp3) is 0.160. The minimum atomic E-state index is -0.446. The Balaban J connectivity index is 1.35. The van der Waals surface area contributed by atoms with E-state index in [0.717, 1.165) is 16.9 Å². The second kappa shape index (κ2) is 11.1. The normalized spacial score (nSPS) is 14.5. The predicted molar refractivity (Wildman–Crippen MR) is 140 cm³/mol. The van der Waals surface area contributed by atoms with E-state index in [-0.39, 0.29) is 17.5 Å². The van der Waals surface area contributed by atoms with E-state index in [4.69, 9.17) is 12.2 Å². The number of carbonyl (C=O) groups is 2. The van der Waals surface area contributed by atoms with Gasteiger partial charge in [0.1, 0.15) is 4.32 Å². The van der Waals surface area contributed by atoms with Gasteiger partial charge >= 0.3 is 0 Å². The van der Waals surface area contributed by atoms with Gasteiger partial charge in [0.2, 0.25) is 5.91 Å². The summed E-state index contributed by atoms with van der Waals surface area (Å²) >= 11 is 6.63. The van der Waals surface area contributed by atoms with E-state index >= 15 is 0 Å². The van der Waals surface area contributed by atoms with Gasteiger partial charge in [-0.25, -0.2) is 0 Å². The topological polar surface area (TPSA) is 97.5 Å². The van der Waals surface area contributed by atoms with E-state index in [9.17, 15) is 19.7 Å². The van der Waals surface area contributed by atoms with Crippen LogP contribution in [0.3, 0.4) is 0 Å². The Morgan fingerprint density at radius 3 is 2.54 bits per heavy atom. The standard InChI is InChI=1S/C25H22N4O4S2/c30-23(26-17-18-6-2-1-3-7-18)9-5-15-28-24(31)22(35-25(28)34)16-21-8-4-14-27(21)19-10-12-20(13-11-19)29(32)33/h1-4,6-8,10-14,16H,5,9,15,17H2,(H,26,30)/b22-16-. The molecule has 1 aliphatic rings. The van der Waals surface area contributed by atoms with Gasteiger partial charge in [-0.3, -0.25) is 24.6 Å². The zero-order valence-electron chi connectivity index (χ0n) is 18.6. The number of amides is 2. The smallest absolute Gasteiger partial charge is 0.269 e. The van der Waals surface area contributed by atoms with Gasteiger partial charge in [0, 0.05) is 49.2 Å². The van der Waals surface area contributed by atoms with Crippen LogP contribution < -0.4 is 5.32 Å². The summed E-state index contributed by atoms with van der Waals surface area (Å²) in [6.45, 7) is 0.835. The zero-order chi connectivity index (χ0) is 24.8. The molecule has 1 aromatic heterocycles. The summed E-state index contributed by atoms with van der Waals surface area (Å²) in [5.74, 6) is -0.267. The first-order chi connectivity index (χ1) is 16.9. The van der Waals surface area contributed by atoms with Crippen LogP contribution in [-0.2, 0) is 16.1 Å². The Hall–Kier alpha value is -3.76. The van der Waals surface area contributed by atoms with Crippen LogP contribution in [0, 0.1) is 10.1 Å². The highest BCUT2D eigenvalue weighted by molar-refractivity contribution is 8.26. The molecule has 1 saturated heterocycles. The van der Waals surface area contributed by atoms with E-state index < -0.39 is 4.92 Å². The number of rotatable bonds is 9. The molecule has 0 unspecified atom stereocenters. The highest BCUT2D eigenvalue weighted by Gasteiger charge is 2.31. The van der Waals surface area contributed by atoms with Crippen molar-refractivity contribution in [3.63, 3.8) is 0 Å². The van der Waals surface area contributed by atoms with Gasteiger partial charge < -0.3 is 9.88 Å². The molecule has 2 aromatic carbocycles. The molecule has 1 fully saturated rings. The fourth-order valence-electron chi connectivity index (χ4n) is 3.59. The summed E-state index contributed by atoms with van der Waals surface area (Å²) in [5.41, 5.74) is 2.53. The van der Waals surface area contributed by atoms with Crippen LogP contribution in [-0.4, -0.2) is 37.1 Å². The fourth-order valence-corrected chi connectivity index (χ4v) is 4.88. The summed E-state index contributed by atoms with van der Waals surface area (Å²) in [6.07, 6.45) is 4.38. The number of aromatic nitrogens is 1. The number of nitrogens with zero attached hydrogens (tertiary/aromatic N) is 3. The minimum absolute atomic E-state index is 0.0112. The van der Waals surface area contributed by atoms with Crippen molar-refractivity contribution in [3.8, 4) is 5.69 Å². The average molecular weight is 507 g/mol. The van der Waals surface area contributed by atoms with Gasteiger partial charge in [0.05, 0.1) is 9.83 Å². The molecule has 8 nitrogen and oxygen atoms in total. The summed E-state index contributed by atoms with van der Waals surface area (Å²) in [4.78, 5) is 37.6. The lowest BCUT2D eigenvalue weighted by atomic mass is 10.2. The van der Waals surface area contributed by atoms with Crippen molar-refractivity contribution in [1.82, 2.24) is 14.8 Å². The summed E-state index contributed by atoms with van der Waals surface area (Å²) in [7, 11) is 0. The summed E-state index contributed by atoms with van der Waals surface area (Å²) < 4.78 is 2.30. The molecule has 0 radical (unpaired) electrons. The monoisotopic (exact) mass is 506 g/mol. The first-order valence-electron chi connectivity index (χ1n) is 10.9. The molecule has 0 saturated carbocycles. The lowest BCUT2D eigenvalue weighted by Crippen LogP contribution is -2.30. The number of carbonyl (C=O) groups excluding carboxylic acids is 2. The first kappa shape index (κ1) is 24.4. The molecule has 1 aliphatic heterocycles. The minimum Gasteiger partial charge on any atom is -0.352 e. The van der Waals surface area contributed by atoms with Crippen LogP contribution >= 0.6 is 24.0 Å². The molecular weight excluding hydrogens is 484 g/mol. The summed E-state index contributed by atoms with van der Waals surface area (Å²) in [5, 5.41) is 13.8. The zero-order valence-corrected chi connectivity index (χ0v) is 20.3. The van der Waals surface area contributed by atoms with Crippen molar-refractivity contribution in [2.45, 2.75) is 19.4 Å². The van der Waals surface area contributed by atoms with Crippen molar-refractivity contribution >= 4 is 51.9 Å². The third-order valence-corrected chi connectivity index (χ3v) is 6.77. The number of benzene rings is 2. The molecule has 2 heterocycles. The molecule has 178 valence electrons. The van der Waals surface area contributed by atoms with E-state index in [1.165, 1.54) is 28.8 Å². The summed E-state index contributed by atoms with van der Waals surface area (Å²) in [6, 6.07) is 19.5. The Kier molecular flexibility index (Phi) is 7.74. The lowest BCUT2D eigenvalue weighted by molar-refractivity contribution is -0.384. The molecule has 0 spiro atoms. The number of hydrogen-bond donors (Lipinski definition) is 1. The van der Waals surface area contributed by atoms with Gasteiger partial charge in [-0.1, -0.05) is 54.3 Å². The lowest BCUT2D eigenvalue weighted by Gasteiger charge is -2.14. The Bertz CT molecular complexity index is 1290. The van der Waals surface area contributed by atoms with Crippen LogP contribution in [0.2, 0.25) is 0 Å². The number of thioether (sulfide) groups is 1. The van der Waals surface area contributed by atoms with Crippen molar-refractivity contribution in [1.29, 1.82) is 0 Å². The SMILES string of the molecule is O=C(CCCN1C(=O)/C(=C/c2cccn2-c2ccc([N+](=O)[O-])cc2)SC1=S)NCc1ccccc1. The molecule has 0 aliphatic carbocycles. The van der Waals surface area contributed by atoms with Gasteiger partial charge in [-0.15, -0.1) is 0 Å². The number of non-ortho nitro benzene ring substituents is 1. The Morgan fingerprint density at radius 2 is 1.83 bits per heavy atom. The molecule has 3 aromatic rings. The molecule has 0 atom stereocenters. The Morgan fingerprint density at radius 1 is 1.09 bits per heavy atom. The first-order valence-corrected chi connectivity index (χ1v) is 12.1. The maximum atomic E-state index is 13.0. The van der Waals surface area contributed by atoms with Crippen LogP contribution in [0.1, 0.15) is 24.1 Å². The van der Waals surface area contributed by atoms with Crippen molar-refractivity contribution in [2.75, 3.05) is 6.54 Å². The van der Waals surface area contributed by atoms with Crippen LogP contribution in [0.4, 0.5) is 5.69 Å². The number of nitro groups is 1. The van der Waals surface area contributed by atoms with E-state index in [2.05, 4.69) is 5.32 Å². The number of thiocarbonyl (C=S) groups is 1. The van der Waals surface area contributed by atoms with E-state index in [1.54, 1.807) is 18.2 Å². The van der Waals surface area contributed by atoms with E-state index in [0.29, 0.717) is 35.2 Å². The quantitative estimate of drug-likeness (QED) is 0.196. The molecule has 4 rings (SSSR count). The molecule has 10 heteroatoms. The van der Waals surface area contributed by atoms with Gasteiger partial charge in [0.15, 0.2) is 0 Å². The van der Waals surface area contributed by atoms with E-state index in [1.807, 2.05) is 53.2 Å². The predicted octanol–water partition coefficient (Wildman–Crippen LogP) is 4.68. The number of nitrogens with one attached hydrogen (secondary N) is 1. The molecule has 0 bridgehead atoms.